The third-order valence-electron chi connectivity index (χ3n) is 2.47. The van der Waals surface area contributed by atoms with Crippen molar-refractivity contribution in [3.63, 3.8) is 0 Å². The quantitative estimate of drug-likeness (QED) is 0.667. The lowest BCUT2D eigenvalue weighted by atomic mass is 9.98. The highest BCUT2D eigenvalue weighted by Gasteiger charge is 2.52. The lowest BCUT2D eigenvalue weighted by Crippen LogP contribution is -2.47. The Morgan fingerprint density at radius 1 is 1.53 bits per heavy atom. The molecule has 0 spiro atoms. The number of hydrogen-bond donors (Lipinski definition) is 2. The van der Waals surface area contributed by atoms with Crippen molar-refractivity contribution in [2.75, 3.05) is 20.3 Å². The SMILES string of the molecule is CO[P+](=O)OC1CC(C)OC1(CO)CO. The van der Waals surface area contributed by atoms with Crippen molar-refractivity contribution in [3.8, 4) is 0 Å². The molecule has 15 heavy (non-hydrogen) atoms. The molecule has 1 rings (SSSR count). The van der Waals surface area contributed by atoms with E-state index in [9.17, 15) is 14.8 Å². The Balaban J connectivity index is 2.71. The predicted molar refractivity (Wildman–Crippen MR) is 51.6 cm³/mol. The summed E-state index contributed by atoms with van der Waals surface area (Å²) in [6.07, 6.45) is -0.313. The van der Waals surface area contributed by atoms with Gasteiger partial charge in [0.25, 0.3) is 0 Å². The van der Waals surface area contributed by atoms with E-state index in [-0.39, 0.29) is 19.3 Å². The molecule has 1 heterocycles. The number of ether oxygens (including phenoxy) is 1. The molecule has 0 aromatic rings. The lowest BCUT2D eigenvalue weighted by molar-refractivity contribution is -0.127. The fourth-order valence-corrected chi connectivity index (χ4v) is 2.23. The summed E-state index contributed by atoms with van der Waals surface area (Å²) in [7, 11) is -0.969. The topological polar surface area (TPSA) is 85.2 Å². The minimum Gasteiger partial charge on any atom is -0.393 e. The second-order valence-electron chi connectivity index (χ2n) is 3.55. The van der Waals surface area contributed by atoms with E-state index in [1.807, 2.05) is 0 Å². The molecular weight excluding hydrogens is 223 g/mol. The first kappa shape index (κ1) is 13.0. The third-order valence-corrected chi connectivity index (χ3v) is 3.19. The first-order chi connectivity index (χ1) is 7.07. The molecule has 3 unspecified atom stereocenters. The minimum atomic E-state index is -2.23. The van der Waals surface area contributed by atoms with Crippen LogP contribution in [-0.4, -0.2) is 48.3 Å². The molecule has 1 fully saturated rings. The van der Waals surface area contributed by atoms with E-state index in [1.165, 1.54) is 7.11 Å². The number of hydrogen-bond acceptors (Lipinski definition) is 6. The average Bonchev–Trinajstić information content (AvgIpc) is 2.55. The highest BCUT2D eigenvalue weighted by atomic mass is 31.1. The van der Waals surface area contributed by atoms with E-state index < -0.39 is 20.0 Å². The zero-order valence-corrected chi connectivity index (χ0v) is 9.65. The van der Waals surface area contributed by atoms with Gasteiger partial charge in [-0.25, -0.2) is 0 Å². The number of aliphatic hydroxyl groups is 2. The zero-order valence-electron chi connectivity index (χ0n) is 8.75. The van der Waals surface area contributed by atoms with Gasteiger partial charge in [0, 0.05) is 11.0 Å². The molecule has 1 aliphatic heterocycles. The van der Waals surface area contributed by atoms with Crippen molar-refractivity contribution in [1.82, 2.24) is 0 Å². The summed E-state index contributed by atoms with van der Waals surface area (Å²) in [4.78, 5) is 0. The van der Waals surface area contributed by atoms with Gasteiger partial charge in [-0.2, -0.15) is 0 Å². The molecule has 1 aliphatic rings. The van der Waals surface area contributed by atoms with Crippen LogP contribution < -0.4 is 0 Å². The number of aliphatic hydroxyl groups excluding tert-OH is 2. The van der Waals surface area contributed by atoms with Crippen LogP contribution in [0.1, 0.15) is 13.3 Å². The lowest BCUT2D eigenvalue weighted by Gasteiger charge is -2.26. The first-order valence-electron chi connectivity index (χ1n) is 4.65. The Bertz CT molecular complexity index is 229. The van der Waals surface area contributed by atoms with Crippen LogP contribution in [0.15, 0.2) is 0 Å². The summed E-state index contributed by atoms with van der Waals surface area (Å²) in [6.45, 7) is 1.03. The van der Waals surface area contributed by atoms with Crippen LogP contribution >= 0.6 is 8.25 Å². The van der Waals surface area contributed by atoms with Crippen LogP contribution in [0.4, 0.5) is 0 Å². The van der Waals surface area contributed by atoms with Crippen LogP contribution in [0, 0.1) is 0 Å². The Kier molecular flexibility index (Phi) is 4.58. The molecule has 6 nitrogen and oxygen atoms in total. The monoisotopic (exact) mass is 239 g/mol. The molecule has 1 saturated heterocycles. The zero-order chi connectivity index (χ0) is 11.5. The minimum absolute atomic E-state index is 0.158. The van der Waals surface area contributed by atoms with Crippen LogP contribution in [0.3, 0.4) is 0 Å². The molecular formula is C8H16O6P+. The highest BCUT2D eigenvalue weighted by Crippen LogP contribution is 2.38. The van der Waals surface area contributed by atoms with Gasteiger partial charge >= 0.3 is 8.25 Å². The highest BCUT2D eigenvalue weighted by molar-refractivity contribution is 7.33. The summed E-state index contributed by atoms with van der Waals surface area (Å²) >= 11 is 0. The molecule has 7 heteroatoms. The second kappa shape index (κ2) is 5.30. The third kappa shape index (κ3) is 2.72. The van der Waals surface area contributed by atoms with Crippen molar-refractivity contribution in [1.29, 1.82) is 0 Å². The molecule has 0 aliphatic carbocycles. The van der Waals surface area contributed by atoms with E-state index in [0.29, 0.717) is 6.42 Å². The fraction of sp³-hybridized carbons (Fsp3) is 1.00. The van der Waals surface area contributed by atoms with Crippen molar-refractivity contribution in [3.05, 3.63) is 0 Å². The standard InChI is InChI=1S/C8H16O6P/c1-6-3-7(14-15(11)12-2)8(4-9,5-10)13-6/h6-7,9-10H,3-5H2,1-2H3/q+1. The Morgan fingerprint density at radius 3 is 2.60 bits per heavy atom. The van der Waals surface area contributed by atoms with Crippen LogP contribution in [0.2, 0.25) is 0 Å². The molecule has 3 atom stereocenters. The predicted octanol–water partition coefficient (Wildman–Crippen LogP) is 0.208. The van der Waals surface area contributed by atoms with Gasteiger partial charge in [-0.05, 0) is 6.92 Å². The summed E-state index contributed by atoms with van der Waals surface area (Å²) < 4.78 is 26.0. The van der Waals surface area contributed by atoms with E-state index >= 15 is 0 Å². The van der Waals surface area contributed by atoms with E-state index in [2.05, 4.69) is 4.52 Å². The van der Waals surface area contributed by atoms with Crippen LogP contribution in [-0.2, 0) is 18.3 Å². The molecule has 0 aromatic heterocycles. The second-order valence-corrected chi connectivity index (χ2v) is 4.57. The molecule has 0 bridgehead atoms. The largest absolute Gasteiger partial charge is 0.697 e. The first-order valence-corrected chi connectivity index (χ1v) is 5.75. The normalized spacial score (nSPS) is 30.5. The molecule has 0 radical (unpaired) electrons. The summed E-state index contributed by atoms with van der Waals surface area (Å²) in [5.74, 6) is 0. The molecule has 0 aromatic carbocycles. The fourth-order valence-electron chi connectivity index (χ4n) is 1.66. The van der Waals surface area contributed by atoms with Crippen molar-refractivity contribution in [2.24, 2.45) is 0 Å². The van der Waals surface area contributed by atoms with Gasteiger partial charge in [-0.15, -0.1) is 9.05 Å². The Morgan fingerprint density at radius 2 is 2.13 bits per heavy atom. The van der Waals surface area contributed by atoms with Crippen LogP contribution in [0.5, 0.6) is 0 Å². The molecule has 0 saturated carbocycles. The van der Waals surface area contributed by atoms with Gasteiger partial charge in [-0.3, -0.25) is 0 Å². The average molecular weight is 239 g/mol. The van der Waals surface area contributed by atoms with Gasteiger partial charge in [-0.1, -0.05) is 0 Å². The Labute approximate surface area is 89.1 Å². The van der Waals surface area contributed by atoms with E-state index in [4.69, 9.17) is 9.26 Å². The maximum atomic E-state index is 11.1. The van der Waals surface area contributed by atoms with Crippen LogP contribution in [0.25, 0.3) is 0 Å². The van der Waals surface area contributed by atoms with Crippen molar-refractivity contribution in [2.45, 2.75) is 31.2 Å². The summed E-state index contributed by atoms with van der Waals surface area (Å²) in [5.41, 5.74) is -1.18. The molecule has 0 amide bonds. The maximum Gasteiger partial charge on any atom is 0.697 e. The van der Waals surface area contributed by atoms with Crippen molar-refractivity contribution >= 4 is 8.25 Å². The van der Waals surface area contributed by atoms with Gasteiger partial charge in [0.1, 0.15) is 5.60 Å². The molecule has 88 valence electrons. The molecule has 2 N–H and O–H groups in total. The summed E-state index contributed by atoms with van der Waals surface area (Å²) in [5, 5.41) is 18.4. The number of rotatable bonds is 5. The maximum absolute atomic E-state index is 11.1. The smallest absolute Gasteiger partial charge is 0.393 e. The van der Waals surface area contributed by atoms with Gasteiger partial charge in [0.2, 0.25) is 0 Å². The van der Waals surface area contributed by atoms with Gasteiger partial charge < -0.3 is 14.9 Å². The van der Waals surface area contributed by atoms with Crippen molar-refractivity contribution < 1.29 is 28.6 Å². The van der Waals surface area contributed by atoms with E-state index in [1.54, 1.807) is 6.92 Å². The van der Waals surface area contributed by atoms with E-state index in [0.717, 1.165) is 0 Å². The van der Waals surface area contributed by atoms with Gasteiger partial charge in [0.15, 0.2) is 6.10 Å². The Hall–Kier alpha value is -0.100. The summed E-state index contributed by atoms with van der Waals surface area (Å²) in [6, 6.07) is 0. The van der Waals surface area contributed by atoms with Gasteiger partial charge in [0.05, 0.1) is 26.4 Å².